The number of amides is 3. The van der Waals surface area contributed by atoms with E-state index in [-0.39, 0.29) is 18.4 Å². The van der Waals surface area contributed by atoms with Gasteiger partial charge in [-0.1, -0.05) is 18.2 Å². The molecule has 0 radical (unpaired) electrons. The number of hydrogen-bond donors (Lipinski definition) is 1. The van der Waals surface area contributed by atoms with E-state index in [0.29, 0.717) is 43.5 Å². The number of carbonyl (C=O) groups excluding carboxylic acids is 3. The van der Waals surface area contributed by atoms with Crippen molar-refractivity contribution in [3.05, 3.63) is 41.8 Å². The molecule has 154 valence electrons. The Kier molecular flexibility index (Phi) is 6.31. The summed E-state index contributed by atoms with van der Waals surface area (Å²) in [5.74, 6) is -0.106. The van der Waals surface area contributed by atoms with Crippen LogP contribution in [0.3, 0.4) is 0 Å². The van der Waals surface area contributed by atoms with Crippen molar-refractivity contribution >= 4 is 17.7 Å². The zero-order valence-electron chi connectivity index (χ0n) is 17.0. The van der Waals surface area contributed by atoms with E-state index in [1.807, 2.05) is 30.3 Å². The highest BCUT2D eigenvalue weighted by Gasteiger charge is 2.28. The molecule has 1 aromatic heterocycles. The highest BCUT2D eigenvalue weighted by molar-refractivity contribution is 6.35. The molecule has 1 N–H and O–H groups in total. The fourth-order valence-corrected chi connectivity index (χ4v) is 3.18. The molecule has 1 aliphatic heterocycles. The largest absolute Gasteiger partial charge is 0.441 e. The maximum Gasteiger partial charge on any atom is 0.312 e. The van der Waals surface area contributed by atoms with Crippen LogP contribution in [0.1, 0.15) is 25.3 Å². The lowest BCUT2D eigenvalue weighted by molar-refractivity contribution is -0.148. The number of piperazine rings is 1. The van der Waals surface area contributed by atoms with E-state index in [2.05, 4.69) is 10.3 Å². The molecule has 0 spiro atoms. The summed E-state index contributed by atoms with van der Waals surface area (Å²) in [6.45, 7) is 6.86. The van der Waals surface area contributed by atoms with E-state index in [9.17, 15) is 14.4 Å². The monoisotopic (exact) mass is 398 g/mol. The van der Waals surface area contributed by atoms with Crippen LogP contribution in [0.25, 0.3) is 11.5 Å². The van der Waals surface area contributed by atoms with E-state index in [1.165, 1.54) is 4.90 Å². The van der Waals surface area contributed by atoms with E-state index in [1.54, 1.807) is 25.7 Å². The standard InChI is InChI=1S/C21H26N4O4/c1-14(2)22-19(27)21(28)25-11-9-24(10-12-25)18(26)13-17-15(3)29-20(23-17)16-7-5-4-6-8-16/h4-8,14H,9-13H2,1-3H3,(H,22,27). The highest BCUT2D eigenvalue weighted by atomic mass is 16.4. The molecule has 29 heavy (non-hydrogen) atoms. The van der Waals surface area contributed by atoms with Gasteiger partial charge in [0.15, 0.2) is 0 Å². The normalized spacial score (nSPS) is 14.2. The molecule has 3 rings (SSSR count). The first-order chi connectivity index (χ1) is 13.8. The second kappa shape index (κ2) is 8.89. The summed E-state index contributed by atoms with van der Waals surface area (Å²) in [5.41, 5.74) is 1.48. The predicted molar refractivity (Wildman–Crippen MR) is 107 cm³/mol. The van der Waals surface area contributed by atoms with Gasteiger partial charge in [0.2, 0.25) is 11.8 Å². The first-order valence-corrected chi connectivity index (χ1v) is 9.74. The molecule has 8 nitrogen and oxygen atoms in total. The number of aryl methyl sites for hydroxylation is 1. The number of oxazole rings is 1. The third-order valence-electron chi connectivity index (χ3n) is 4.77. The first-order valence-electron chi connectivity index (χ1n) is 9.74. The first kappa shape index (κ1) is 20.6. The van der Waals surface area contributed by atoms with Crippen molar-refractivity contribution in [3.63, 3.8) is 0 Å². The summed E-state index contributed by atoms with van der Waals surface area (Å²) >= 11 is 0. The van der Waals surface area contributed by atoms with Crippen molar-refractivity contribution in [1.29, 1.82) is 0 Å². The molecule has 1 fully saturated rings. The van der Waals surface area contributed by atoms with Gasteiger partial charge in [0.05, 0.1) is 12.1 Å². The Hall–Kier alpha value is -3.16. The summed E-state index contributed by atoms with van der Waals surface area (Å²) < 4.78 is 5.72. The van der Waals surface area contributed by atoms with Crippen LogP contribution in [0.5, 0.6) is 0 Å². The molecule has 0 unspecified atom stereocenters. The molecule has 3 amide bonds. The Morgan fingerprint density at radius 3 is 2.31 bits per heavy atom. The maximum absolute atomic E-state index is 12.7. The van der Waals surface area contributed by atoms with Crippen molar-refractivity contribution in [3.8, 4) is 11.5 Å². The third kappa shape index (κ3) is 5.01. The number of hydrogen-bond acceptors (Lipinski definition) is 5. The molecule has 2 aromatic rings. The Morgan fingerprint density at radius 1 is 1.07 bits per heavy atom. The van der Waals surface area contributed by atoms with Crippen LogP contribution >= 0.6 is 0 Å². The number of aromatic nitrogens is 1. The fraction of sp³-hybridized carbons (Fsp3) is 0.429. The molecule has 0 aliphatic carbocycles. The molecule has 0 atom stereocenters. The van der Waals surface area contributed by atoms with Crippen molar-refractivity contribution in [2.75, 3.05) is 26.2 Å². The lowest BCUT2D eigenvalue weighted by Crippen LogP contribution is -2.54. The van der Waals surface area contributed by atoms with Gasteiger partial charge in [0, 0.05) is 37.8 Å². The fourth-order valence-electron chi connectivity index (χ4n) is 3.18. The second-order valence-electron chi connectivity index (χ2n) is 7.37. The van der Waals surface area contributed by atoms with Crippen molar-refractivity contribution in [2.45, 2.75) is 33.2 Å². The molecule has 8 heteroatoms. The molecule has 0 bridgehead atoms. The Morgan fingerprint density at radius 2 is 1.69 bits per heavy atom. The number of nitrogens with zero attached hydrogens (tertiary/aromatic N) is 3. The van der Waals surface area contributed by atoms with Gasteiger partial charge in [-0.05, 0) is 32.9 Å². The molecular formula is C21H26N4O4. The average Bonchev–Trinajstić information content (AvgIpc) is 3.08. The van der Waals surface area contributed by atoms with Gasteiger partial charge >= 0.3 is 11.8 Å². The molecule has 1 aromatic carbocycles. The summed E-state index contributed by atoms with van der Waals surface area (Å²) in [7, 11) is 0. The van der Waals surface area contributed by atoms with Gasteiger partial charge < -0.3 is 19.5 Å². The van der Waals surface area contributed by atoms with E-state index < -0.39 is 11.8 Å². The Bertz CT molecular complexity index is 883. The zero-order chi connectivity index (χ0) is 21.0. The topological polar surface area (TPSA) is 95.8 Å². The number of benzene rings is 1. The minimum absolute atomic E-state index is 0.0697. The van der Waals surface area contributed by atoms with E-state index in [4.69, 9.17) is 4.42 Å². The molecule has 1 aliphatic rings. The van der Waals surface area contributed by atoms with Gasteiger partial charge in [0.1, 0.15) is 5.76 Å². The maximum atomic E-state index is 12.7. The van der Waals surface area contributed by atoms with Crippen molar-refractivity contribution in [1.82, 2.24) is 20.1 Å². The number of nitrogens with one attached hydrogen (secondary N) is 1. The summed E-state index contributed by atoms with van der Waals surface area (Å²) in [5, 5.41) is 2.60. The van der Waals surface area contributed by atoms with Crippen LogP contribution in [0.2, 0.25) is 0 Å². The molecule has 2 heterocycles. The Balaban J connectivity index is 1.56. The lowest BCUT2D eigenvalue weighted by atomic mass is 10.2. The van der Waals surface area contributed by atoms with Crippen LogP contribution < -0.4 is 5.32 Å². The predicted octanol–water partition coefficient (Wildman–Crippen LogP) is 1.39. The van der Waals surface area contributed by atoms with Crippen LogP contribution in [0.15, 0.2) is 34.7 Å². The van der Waals surface area contributed by atoms with Crippen LogP contribution in [-0.4, -0.2) is 64.7 Å². The summed E-state index contributed by atoms with van der Waals surface area (Å²) in [6.07, 6.45) is 0.143. The van der Waals surface area contributed by atoms with Crippen LogP contribution in [0.4, 0.5) is 0 Å². The van der Waals surface area contributed by atoms with Gasteiger partial charge in [0.25, 0.3) is 0 Å². The van der Waals surface area contributed by atoms with Crippen molar-refractivity contribution < 1.29 is 18.8 Å². The lowest BCUT2D eigenvalue weighted by Gasteiger charge is -2.34. The molecular weight excluding hydrogens is 372 g/mol. The average molecular weight is 398 g/mol. The molecule has 1 saturated heterocycles. The van der Waals surface area contributed by atoms with Crippen LogP contribution in [0, 0.1) is 6.92 Å². The molecule has 0 saturated carbocycles. The summed E-state index contributed by atoms with van der Waals surface area (Å²) in [6, 6.07) is 9.44. The summed E-state index contributed by atoms with van der Waals surface area (Å²) in [4.78, 5) is 44.4. The highest BCUT2D eigenvalue weighted by Crippen LogP contribution is 2.22. The van der Waals surface area contributed by atoms with E-state index in [0.717, 1.165) is 5.56 Å². The van der Waals surface area contributed by atoms with Gasteiger partial charge in [-0.3, -0.25) is 14.4 Å². The number of carbonyl (C=O) groups is 3. The Labute approximate surface area is 169 Å². The van der Waals surface area contributed by atoms with Gasteiger partial charge in [-0.25, -0.2) is 4.98 Å². The quantitative estimate of drug-likeness (QED) is 0.785. The third-order valence-corrected chi connectivity index (χ3v) is 4.77. The van der Waals surface area contributed by atoms with Gasteiger partial charge in [-0.15, -0.1) is 0 Å². The zero-order valence-corrected chi connectivity index (χ0v) is 17.0. The minimum atomic E-state index is -0.605. The SMILES string of the molecule is Cc1oc(-c2ccccc2)nc1CC(=O)N1CCN(C(=O)C(=O)NC(C)C)CC1. The van der Waals surface area contributed by atoms with Crippen LogP contribution in [-0.2, 0) is 20.8 Å². The second-order valence-corrected chi connectivity index (χ2v) is 7.37. The van der Waals surface area contributed by atoms with E-state index >= 15 is 0 Å². The number of rotatable bonds is 4. The minimum Gasteiger partial charge on any atom is -0.441 e. The van der Waals surface area contributed by atoms with Gasteiger partial charge in [-0.2, -0.15) is 0 Å². The van der Waals surface area contributed by atoms with Crippen molar-refractivity contribution in [2.24, 2.45) is 0 Å². The smallest absolute Gasteiger partial charge is 0.312 e.